The molecule has 0 bridgehead atoms. The number of amides is 3. The Balaban J connectivity index is 1.83. The van der Waals surface area contributed by atoms with Crippen LogP contribution in [0.4, 0.5) is 10.5 Å². The topological polar surface area (TPSA) is 85.2 Å². The summed E-state index contributed by atoms with van der Waals surface area (Å²) < 4.78 is 0. The number of rotatable bonds is 2. The van der Waals surface area contributed by atoms with E-state index in [1.165, 1.54) is 0 Å². The lowest BCUT2D eigenvalue weighted by molar-refractivity contribution is -0.129. The largest absolute Gasteiger partial charge is 0.343 e. The van der Waals surface area contributed by atoms with Gasteiger partial charge in [0.15, 0.2) is 0 Å². The van der Waals surface area contributed by atoms with Crippen molar-refractivity contribution >= 4 is 17.6 Å². The molecule has 0 aromatic heterocycles. The third-order valence-corrected chi connectivity index (χ3v) is 3.53. The van der Waals surface area contributed by atoms with Crippen molar-refractivity contribution in [3.05, 3.63) is 29.8 Å². The van der Waals surface area contributed by atoms with E-state index in [0.717, 1.165) is 12.8 Å². The van der Waals surface area contributed by atoms with Crippen molar-refractivity contribution in [1.29, 1.82) is 5.26 Å². The van der Waals surface area contributed by atoms with E-state index in [-0.39, 0.29) is 18.0 Å². The van der Waals surface area contributed by atoms with E-state index in [2.05, 4.69) is 10.6 Å². The van der Waals surface area contributed by atoms with Crippen molar-refractivity contribution in [2.75, 3.05) is 18.4 Å². The highest BCUT2D eigenvalue weighted by Gasteiger charge is 2.21. The van der Waals surface area contributed by atoms with Crippen molar-refractivity contribution in [3.63, 3.8) is 0 Å². The maximum Gasteiger partial charge on any atom is 0.319 e. The molecular formula is C15H18N4O2. The minimum Gasteiger partial charge on any atom is -0.343 e. The first-order chi connectivity index (χ1) is 10.1. The van der Waals surface area contributed by atoms with Crippen molar-refractivity contribution in [2.45, 2.75) is 25.8 Å². The summed E-state index contributed by atoms with van der Waals surface area (Å²) in [6.07, 6.45) is 1.51. The highest BCUT2D eigenvalue weighted by Crippen LogP contribution is 2.12. The SMILES string of the molecule is CC(=O)N1CCC(NC(=O)Nc2cccc(C#N)c2)CC1. The molecule has 1 fully saturated rings. The second kappa shape index (κ2) is 6.75. The molecule has 2 rings (SSSR count). The van der Waals surface area contributed by atoms with Gasteiger partial charge >= 0.3 is 6.03 Å². The summed E-state index contributed by atoms with van der Waals surface area (Å²) in [4.78, 5) is 24.9. The van der Waals surface area contributed by atoms with Gasteiger partial charge in [-0.2, -0.15) is 5.26 Å². The molecule has 1 aromatic rings. The highest BCUT2D eigenvalue weighted by atomic mass is 16.2. The normalized spacial score (nSPS) is 15.1. The summed E-state index contributed by atoms with van der Waals surface area (Å²) in [5, 5.41) is 14.4. The molecule has 0 saturated carbocycles. The summed E-state index contributed by atoms with van der Waals surface area (Å²) in [5.74, 6) is 0.0752. The molecule has 1 aliphatic rings. The number of likely N-dealkylation sites (tertiary alicyclic amines) is 1. The Morgan fingerprint density at radius 3 is 2.67 bits per heavy atom. The number of urea groups is 1. The average Bonchev–Trinajstić information content (AvgIpc) is 2.47. The van der Waals surface area contributed by atoms with Gasteiger partial charge in [0.25, 0.3) is 0 Å². The highest BCUT2D eigenvalue weighted by molar-refractivity contribution is 5.89. The molecule has 21 heavy (non-hydrogen) atoms. The Labute approximate surface area is 123 Å². The number of piperidine rings is 1. The van der Waals surface area contributed by atoms with Crippen LogP contribution in [0.1, 0.15) is 25.3 Å². The van der Waals surface area contributed by atoms with Crippen LogP contribution < -0.4 is 10.6 Å². The van der Waals surface area contributed by atoms with Crippen LogP contribution in [0.15, 0.2) is 24.3 Å². The minimum absolute atomic E-state index is 0.0692. The summed E-state index contributed by atoms with van der Waals surface area (Å²) in [6, 6.07) is 8.57. The molecular weight excluding hydrogens is 268 g/mol. The lowest BCUT2D eigenvalue weighted by Crippen LogP contribution is -2.47. The number of hydrogen-bond donors (Lipinski definition) is 2. The minimum atomic E-state index is -0.286. The van der Waals surface area contributed by atoms with Gasteiger partial charge in [0, 0.05) is 31.7 Å². The molecule has 1 heterocycles. The van der Waals surface area contributed by atoms with E-state index in [4.69, 9.17) is 5.26 Å². The van der Waals surface area contributed by atoms with E-state index < -0.39 is 0 Å². The van der Waals surface area contributed by atoms with E-state index in [9.17, 15) is 9.59 Å². The van der Waals surface area contributed by atoms with Crippen LogP contribution in [0.2, 0.25) is 0 Å². The van der Waals surface area contributed by atoms with Gasteiger partial charge in [-0.3, -0.25) is 4.79 Å². The second-order valence-electron chi connectivity index (χ2n) is 5.07. The van der Waals surface area contributed by atoms with E-state index in [1.807, 2.05) is 6.07 Å². The lowest BCUT2D eigenvalue weighted by atomic mass is 10.1. The fraction of sp³-hybridized carbons (Fsp3) is 0.400. The van der Waals surface area contributed by atoms with E-state index in [0.29, 0.717) is 24.3 Å². The molecule has 6 heteroatoms. The molecule has 0 unspecified atom stereocenters. The average molecular weight is 286 g/mol. The van der Waals surface area contributed by atoms with Crippen molar-refractivity contribution < 1.29 is 9.59 Å². The van der Waals surface area contributed by atoms with E-state index in [1.54, 1.807) is 36.1 Å². The van der Waals surface area contributed by atoms with Crippen molar-refractivity contribution in [2.24, 2.45) is 0 Å². The Morgan fingerprint density at radius 2 is 2.05 bits per heavy atom. The van der Waals surface area contributed by atoms with Crippen LogP contribution in [-0.4, -0.2) is 36.0 Å². The van der Waals surface area contributed by atoms with Gasteiger partial charge in [-0.05, 0) is 31.0 Å². The number of nitrogens with one attached hydrogen (secondary N) is 2. The lowest BCUT2D eigenvalue weighted by Gasteiger charge is -2.31. The summed E-state index contributed by atoms with van der Waals surface area (Å²) in [5.41, 5.74) is 1.09. The van der Waals surface area contributed by atoms with Crippen LogP contribution in [0.3, 0.4) is 0 Å². The second-order valence-corrected chi connectivity index (χ2v) is 5.07. The Kier molecular flexibility index (Phi) is 4.77. The Morgan fingerprint density at radius 1 is 1.33 bits per heavy atom. The van der Waals surface area contributed by atoms with Gasteiger partial charge in [-0.15, -0.1) is 0 Å². The first-order valence-electron chi connectivity index (χ1n) is 6.91. The zero-order valence-electron chi connectivity index (χ0n) is 11.9. The molecule has 110 valence electrons. The first-order valence-corrected chi connectivity index (χ1v) is 6.91. The van der Waals surface area contributed by atoms with Crippen LogP contribution >= 0.6 is 0 Å². The third-order valence-electron chi connectivity index (χ3n) is 3.53. The standard InChI is InChI=1S/C15H18N4O2/c1-11(20)19-7-5-13(6-8-19)17-15(21)18-14-4-2-3-12(9-14)10-16/h2-4,9,13H,5-8H2,1H3,(H2,17,18,21). The molecule has 0 radical (unpaired) electrons. The van der Waals surface area contributed by atoms with Gasteiger partial charge < -0.3 is 15.5 Å². The summed E-state index contributed by atoms with van der Waals surface area (Å²) in [7, 11) is 0. The van der Waals surface area contributed by atoms with Gasteiger partial charge in [-0.25, -0.2) is 4.79 Å². The number of nitriles is 1. The summed E-state index contributed by atoms with van der Waals surface area (Å²) >= 11 is 0. The van der Waals surface area contributed by atoms with Crippen LogP contribution in [0, 0.1) is 11.3 Å². The monoisotopic (exact) mass is 286 g/mol. The molecule has 0 atom stereocenters. The number of anilines is 1. The third kappa shape index (κ3) is 4.21. The summed E-state index contributed by atoms with van der Waals surface area (Å²) in [6.45, 7) is 2.90. The Bertz CT molecular complexity index is 571. The number of nitrogens with zero attached hydrogens (tertiary/aromatic N) is 2. The maximum atomic E-state index is 11.9. The smallest absolute Gasteiger partial charge is 0.319 e. The molecule has 2 N–H and O–H groups in total. The zero-order valence-corrected chi connectivity index (χ0v) is 11.9. The maximum absolute atomic E-state index is 11.9. The molecule has 1 saturated heterocycles. The molecule has 1 aromatic carbocycles. The Hall–Kier alpha value is -2.55. The van der Waals surface area contributed by atoms with Gasteiger partial charge in [-0.1, -0.05) is 6.07 Å². The number of carbonyl (C=O) groups is 2. The van der Waals surface area contributed by atoms with Crippen LogP contribution in [0.25, 0.3) is 0 Å². The predicted molar refractivity (Wildman–Crippen MR) is 78.6 cm³/mol. The van der Waals surface area contributed by atoms with Crippen LogP contribution in [-0.2, 0) is 4.79 Å². The molecule has 3 amide bonds. The quantitative estimate of drug-likeness (QED) is 0.867. The fourth-order valence-electron chi connectivity index (χ4n) is 2.36. The van der Waals surface area contributed by atoms with Crippen molar-refractivity contribution in [1.82, 2.24) is 10.2 Å². The number of hydrogen-bond acceptors (Lipinski definition) is 3. The molecule has 0 spiro atoms. The van der Waals surface area contributed by atoms with Gasteiger partial charge in [0.2, 0.25) is 5.91 Å². The van der Waals surface area contributed by atoms with Gasteiger partial charge in [0.05, 0.1) is 11.6 Å². The number of benzene rings is 1. The molecule has 0 aliphatic carbocycles. The predicted octanol–water partition coefficient (Wildman–Crippen LogP) is 1.69. The van der Waals surface area contributed by atoms with Gasteiger partial charge in [0.1, 0.15) is 0 Å². The first kappa shape index (κ1) is 14.9. The van der Waals surface area contributed by atoms with Crippen LogP contribution in [0.5, 0.6) is 0 Å². The van der Waals surface area contributed by atoms with E-state index >= 15 is 0 Å². The fourth-order valence-corrected chi connectivity index (χ4v) is 2.36. The zero-order chi connectivity index (χ0) is 15.2. The number of carbonyl (C=O) groups excluding carboxylic acids is 2. The molecule has 6 nitrogen and oxygen atoms in total. The molecule has 1 aliphatic heterocycles. The van der Waals surface area contributed by atoms with Crippen molar-refractivity contribution in [3.8, 4) is 6.07 Å².